The Morgan fingerprint density at radius 1 is 1.18 bits per heavy atom. The van der Waals surface area contributed by atoms with Crippen LogP contribution in [-0.2, 0) is 14.3 Å². The molecule has 1 spiro atoms. The van der Waals surface area contributed by atoms with E-state index in [1.165, 1.54) is 0 Å². The van der Waals surface area contributed by atoms with E-state index in [1.54, 1.807) is 7.11 Å². The van der Waals surface area contributed by atoms with Gasteiger partial charge in [-0.1, -0.05) is 12.1 Å². The van der Waals surface area contributed by atoms with E-state index >= 15 is 0 Å². The van der Waals surface area contributed by atoms with Gasteiger partial charge in [-0.05, 0) is 51.7 Å². The van der Waals surface area contributed by atoms with E-state index in [9.17, 15) is 9.59 Å². The van der Waals surface area contributed by atoms with E-state index in [0.717, 1.165) is 43.7 Å². The second kappa shape index (κ2) is 6.98. The molecule has 28 heavy (non-hydrogen) atoms. The van der Waals surface area contributed by atoms with Crippen LogP contribution in [0.4, 0.5) is 5.69 Å². The van der Waals surface area contributed by atoms with Gasteiger partial charge in [-0.3, -0.25) is 9.59 Å². The molecule has 6 nitrogen and oxygen atoms in total. The molecular weight excluding hydrogens is 356 g/mol. The van der Waals surface area contributed by atoms with Crippen molar-refractivity contribution in [3.8, 4) is 5.75 Å². The highest BCUT2D eigenvalue weighted by Crippen LogP contribution is 2.46. The molecule has 2 aliphatic heterocycles. The van der Waals surface area contributed by atoms with Crippen LogP contribution >= 0.6 is 0 Å². The molecule has 1 aliphatic carbocycles. The summed E-state index contributed by atoms with van der Waals surface area (Å²) in [6.45, 7) is 6.29. The van der Waals surface area contributed by atoms with Gasteiger partial charge in [0.2, 0.25) is 5.91 Å². The van der Waals surface area contributed by atoms with Crippen LogP contribution in [0.25, 0.3) is 0 Å². The van der Waals surface area contributed by atoms with Gasteiger partial charge in [-0.25, -0.2) is 0 Å². The first-order chi connectivity index (χ1) is 13.4. The molecule has 1 saturated carbocycles. The number of hydrogen-bond acceptors (Lipinski definition) is 5. The summed E-state index contributed by atoms with van der Waals surface area (Å²) in [7, 11) is 1.68. The summed E-state index contributed by atoms with van der Waals surface area (Å²) in [5.74, 6) is 0.388. The lowest BCUT2D eigenvalue weighted by molar-refractivity contribution is -0.152. The number of piperazine rings is 1. The van der Waals surface area contributed by atoms with Gasteiger partial charge in [0.1, 0.15) is 11.4 Å². The van der Waals surface area contributed by atoms with Gasteiger partial charge in [0.05, 0.1) is 30.7 Å². The number of amides is 1. The summed E-state index contributed by atoms with van der Waals surface area (Å²) in [6, 6.07) is 8.01. The quantitative estimate of drug-likeness (QED) is 0.748. The Hall–Kier alpha value is -2.24. The third-order valence-electron chi connectivity index (χ3n) is 6.66. The summed E-state index contributed by atoms with van der Waals surface area (Å²) in [6.07, 6.45) is 3.93. The molecule has 0 aromatic heterocycles. The van der Waals surface area contributed by atoms with E-state index in [1.807, 2.05) is 23.1 Å². The Morgan fingerprint density at radius 2 is 1.89 bits per heavy atom. The number of ether oxygens (including phenoxy) is 2. The minimum Gasteiger partial charge on any atom is -0.495 e. The highest BCUT2D eigenvalue weighted by atomic mass is 16.6. The molecular formula is C22H30N2O4. The van der Waals surface area contributed by atoms with Crippen molar-refractivity contribution in [3.05, 3.63) is 24.3 Å². The standard InChI is InChI=1S/C22H30N2O4/c1-21(2)15-23(12-13-24(21)17-8-4-5-9-18(17)27-3)20(26)16-14-19(25)28-22(16)10-6-7-11-22/h4-5,8-9,16H,6-7,10-15H2,1-3H3/t16-/m1/s1. The average molecular weight is 386 g/mol. The van der Waals surface area contributed by atoms with Crippen LogP contribution in [0.3, 0.4) is 0 Å². The lowest BCUT2D eigenvalue weighted by atomic mass is 9.84. The molecule has 1 aromatic carbocycles. The number of carbonyl (C=O) groups is 2. The van der Waals surface area contributed by atoms with Crippen LogP contribution in [0.2, 0.25) is 0 Å². The predicted octanol–water partition coefficient (Wildman–Crippen LogP) is 3.00. The monoisotopic (exact) mass is 386 g/mol. The fraction of sp³-hybridized carbons (Fsp3) is 0.636. The van der Waals surface area contributed by atoms with Crippen molar-refractivity contribution in [2.75, 3.05) is 31.6 Å². The number of hydrogen-bond donors (Lipinski definition) is 0. The van der Waals surface area contributed by atoms with Crippen LogP contribution in [0.15, 0.2) is 24.3 Å². The molecule has 152 valence electrons. The van der Waals surface area contributed by atoms with E-state index in [0.29, 0.717) is 13.1 Å². The van der Waals surface area contributed by atoms with E-state index in [4.69, 9.17) is 9.47 Å². The SMILES string of the molecule is COc1ccccc1N1CCN(C(=O)[C@H]2CC(=O)OC23CCCC3)CC1(C)C. The third kappa shape index (κ3) is 3.12. The smallest absolute Gasteiger partial charge is 0.307 e. The minimum atomic E-state index is -0.544. The first kappa shape index (κ1) is 19.1. The molecule has 3 fully saturated rings. The van der Waals surface area contributed by atoms with Crippen LogP contribution in [0.5, 0.6) is 5.75 Å². The minimum absolute atomic E-state index is 0.0838. The maximum atomic E-state index is 13.4. The maximum absolute atomic E-state index is 13.4. The Kier molecular flexibility index (Phi) is 4.76. The van der Waals surface area contributed by atoms with Gasteiger partial charge < -0.3 is 19.3 Å². The lowest BCUT2D eigenvalue weighted by Crippen LogP contribution is -2.62. The number of rotatable bonds is 3. The van der Waals surface area contributed by atoms with Crippen molar-refractivity contribution in [2.45, 2.75) is 57.1 Å². The van der Waals surface area contributed by atoms with Crippen LogP contribution in [0.1, 0.15) is 46.0 Å². The van der Waals surface area contributed by atoms with Crippen LogP contribution in [-0.4, -0.2) is 54.7 Å². The number of benzene rings is 1. The van der Waals surface area contributed by atoms with Crippen LogP contribution in [0, 0.1) is 5.92 Å². The topological polar surface area (TPSA) is 59.1 Å². The Labute approximate surface area is 166 Å². The Bertz CT molecular complexity index is 770. The number of anilines is 1. The second-order valence-electron chi connectivity index (χ2n) is 8.90. The van der Waals surface area contributed by atoms with Gasteiger partial charge in [-0.15, -0.1) is 0 Å². The first-order valence-corrected chi connectivity index (χ1v) is 10.3. The van der Waals surface area contributed by atoms with Gasteiger partial charge >= 0.3 is 5.97 Å². The molecule has 2 heterocycles. The first-order valence-electron chi connectivity index (χ1n) is 10.3. The number of carbonyl (C=O) groups excluding carboxylic acids is 2. The third-order valence-corrected chi connectivity index (χ3v) is 6.66. The number of methoxy groups -OCH3 is 1. The summed E-state index contributed by atoms with van der Waals surface area (Å²) in [5, 5.41) is 0. The predicted molar refractivity (Wildman–Crippen MR) is 106 cm³/mol. The summed E-state index contributed by atoms with van der Waals surface area (Å²) in [4.78, 5) is 29.7. The highest BCUT2D eigenvalue weighted by Gasteiger charge is 2.55. The largest absolute Gasteiger partial charge is 0.495 e. The van der Waals surface area contributed by atoms with Crippen molar-refractivity contribution in [1.29, 1.82) is 0 Å². The number of esters is 1. The van der Waals surface area contributed by atoms with E-state index in [2.05, 4.69) is 24.8 Å². The normalized spacial score (nSPS) is 25.8. The van der Waals surface area contributed by atoms with E-state index in [-0.39, 0.29) is 29.8 Å². The molecule has 4 rings (SSSR count). The zero-order valence-electron chi connectivity index (χ0n) is 17.1. The number of para-hydroxylation sites is 2. The molecule has 1 amide bonds. The van der Waals surface area contributed by atoms with Crippen molar-refractivity contribution in [3.63, 3.8) is 0 Å². The van der Waals surface area contributed by atoms with Gasteiger partial charge in [-0.2, -0.15) is 0 Å². The molecule has 0 unspecified atom stereocenters. The lowest BCUT2D eigenvalue weighted by Gasteiger charge is -2.49. The van der Waals surface area contributed by atoms with Gasteiger partial charge in [0, 0.05) is 19.6 Å². The van der Waals surface area contributed by atoms with E-state index < -0.39 is 5.60 Å². The number of nitrogens with zero attached hydrogens (tertiary/aromatic N) is 2. The second-order valence-corrected chi connectivity index (χ2v) is 8.90. The summed E-state index contributed by atoms with van der Waals surface area (Å²) in [5.41, 5.74) is 0.265. The fourth-order valence-electron chi connectivity index (χ4n) is 5.29. The fourth-order valence-corrected chi connectivity index (χ4v) is 5.29. The highest BCUT2D eigenvalue weighted by molar-refractivity contribution is 5.88. The Morgan fingerprint density at radius 3 is 2.57 bits per heavy atom. The van der Waals surface area contributed by atoms with Crippen LogP contribution < -0.4 is 9.64 Å². The molecule has 1 aromatic rings. The molecule has 6 heteroatoms. The van der Waals surface area contributed by atoms with Crippen molar-refractivity contribution >= 4 is 17.6 Å². The van der Waals surface area contributed by atoms with Crippen molar-refractivity contribution in [2.24, 2.45) is 5.92 Å². The zero-order valence-corrected chi connectivity index (χ0v) is 17.1. The molecule has 0 N–H and O–H groups in total. The van der Waals surface area contributed by atoms with Gasteiger partial charge in [0.15, 0.2) is 0 Å². The average Bonchev–Trinajstić information content (AvgIpc) is 3.27. The maximum Gasteiger partial charge on any atom is 0.307 e. The zero-order chi connectivity index (χ0) is 19.9. The van der Waals surface area contributed by atoms with Gasteiger partial charge in [0.25, 0.3) is 0 Å². The molecule has 0 radical (unpaired) electrons. The molecule has 0 bridgehead atoms. The summed E-state index contributed by atoms with van der Waals surface area (Å²) >= 11 is 0. The molecule has 1 atom stereocenters. The summed E-state index contributed by atoms with van der Waals surface area (Å²) < 4.78 is 11.2. The molecule has 3 aliphatic rings. The Balaban J connectivity index is 1.53. The molecule has 2 saturated heterocycles. The van der Waals surface area contributed by atoms with Crippen molar-refractivity contribution < 1.29 is 19.1 Å². The van der Waals surface area contributed by atoms with Crippen molar-refractivity contribution in [1.82, 2.24) is 4.90 Å².